The van der Waals surface area contributed by atoms with Crippen LogP contribution >= 0.6 is 0 Å². The lowest BCUT2D eigenvalue weighted by Gasteiger charge is -2.18. The molecule has 0 aromatic heterocycles. The Hall–Kier alpha value is -1.21. The molecule has 2 unspecified atom stereocenters. The summed E-state index contributed by atoms with van der Waals surface area (Å²) in [7, 11) is 0. The number of alkyl halides is 2. The van der Waals surface area contributed by atoms with E-state index < -0.39 is 41.8 Å². The highest BCUT2D eigenvalue weighted by Crippen LogP contribution is 2.13. The van der Waals surface area contributed by atoms with Crippen LogP contribution in [0.15, 0.2) is 0 Å². The third-order valence-electron chi connectivity index (χ3n) is 3.18. The lowest BCUT2D eigenvalue weighted by Crippen LogP contribution is -2.48. The summed E-state index contributed by atoms with van der Waals surface area (Å²) in [5, 5.41) is 0. The summed E-state index contributed by atoms with van der Waals surface area (Å²) in [5.41, 5.74) is 11.0. The molecule has 4 N–H and O–H groups in total. The maximum absolute atomic E-state index is 13.8. The lowest BCUT2D eigenvalue weighted by molar-refractivity contribution is -0.142. The quantitative estimate of drug-likeness (QED) is 0.587. The van der Waals surface area contributed by atoms with Crippen molar-refractivity contribution in [1.82, 2.24) is 0 Å². The van der Waals surface area contributed by atoms with E-state index in [4.69, 9.17) is 11.5 Å². The van der Waals surface area contributed by atoms with E-state index >= 15 is 0 Å². The molecule has 0 amide bonds. The lowest BCUT2D eigenvalue weighted by atomic mass is 9.92. The maximum atomic E-state index is 13.8. The average Bonchev–Trinajstić information content (AvgIpc) is 2.41. The van der Waals surface area contributed by atoms with Gasteiger partial charge in [0.15, 0.2) is 11.6 Å². The molecule has 5 nitrogen and oxygen atoms in total. The highest BCUT2D eigenvalue weighted by Gasteiger charge is 2.40. The van der Waals surface area contributed by atoms with E-state index in [9.17, 15) is 23.2 Å². The minimum Gasteiger partial charge on any atom is -0.321 e. The molecule has 4 atom stereocenters. The van der Waals surface area contributed by atoms with Crippen LogP contribution in [0.2, 0.25) is 0 Å². The molecule has 7 heteroatoms. The van der Waals surface area contributed by atoms with Gasteiger partial charge in [-0.2, -0.15) is 0 Å². The Morgan fingerprint density at radius 2 is 1.00 bits per heavy atom. The number of carbonyl (C=O) groups is 3. The summed E-state index contributed by atoms with van der Waals surface area (Å²) in [6, 6.07) is -2.41. The van der Waals surface area contributed by atoms with Crippen LogP contribution in [0.25, 0.3) is 0 Å². The van der Waals surface area contributed by atoms with Crippen molar-refractivity contribution < 1.29 is 23.2 Å². The summed E-state index contributed by atoms with van der Waals surface area (Å²) in [5.74, 6) is -4.08. The predicted molar refractivity (Wildman–Crippen MR) is 79.7 cm³/mol. The highest BCUT2D eigenvalue weighted by molar-refractivity contribution is 6.17. The molecule has 0 heterocycles. The number of hydrogen-bond donors (Lipinski definition) is 2. The fourth-order valence-corrected chi connectivity index (χ4v) is 2.03. The van der Waals surface area contributed by atoms with Gasteiger partial charge in [0.2, 0.25) is 18.1 Å². The molecule has 0 rings (SSSR count). The molecule has 0 saturated carbocycles. The predicted octanol–water partition coefficient (Wildman–Crippen LogP) is 1.12. The number of rotatable bonds is 10. The molecular weight excluding hydrogens is 294 g/mol. The molecule has 0 aromatic rings. The molecule has 0 fully saturated rings. The van der Waals surface area contributed by atoms with Crippen molar-refractivity contribution in [3.8, 4) is 0 Å². The SMILES string of the molecule is CC(C)C[C@H](N)C(=O)C(F)C(=O)C(F)C(=O)[C@@H](N)CC(C)C. The third-order valence-corrected chi connectivity index (χ3v) is 3.18. The van der Waals surface area contributed by atoms with Gasteiger partial charge in [-0.25, -0.2) is 8.78 Å². The summed E-state index contributed by atoms with van der Waals surface area (Å²) < 4.78 is 27.6. The zero-order valence-corrected chi connectivity index (χ0v) is 13.5. The molecule has 128 valence electrons. The average molecular weight is 320 g/mol. The number of carbonyl (C=O) groups excluding carboxylic acids is 3. The van der Waals surface area contributed by atoms with Gasteiger partial charge in [-0.15, -0.1) is 0 Å². The van der Waals surface area contributed by atoms with Crippen LogP contribution in [0.3, 0.4) is 0 Å². The van der Waals surface area contributed by atoms with Crippen LogP contribution in [0.1, 0.15) is 40.5 Å². The molecule has 0 aliphatic carbocycles. The van der Waals surface area contributed by atoms with Crippen LogP contribution in [0.5, 0.6) is 0 Å². The summed E-state index contributed by atoms with van der Waals surface area (Å²) in [6.45, 7) is 7.09. The van der Waals surface area contributed by atoms with Gasteiger partial charge in [0.25, 0.3) is 0 Å². The summed E-state index contributed by atoms with van der Waals surface area (Å²) in [4.78, 5) is 34.9. The van der Waals surface area contributed by atoms with E-state index in [1.165, 1.54) is 0 Å². The molecule has 0 saturated heterocycles. The monoisotopic (exact) mass is 320 g/mol. The minimum atomic E-state index is -2.74. The van der Waals surface area contributed by atoms with Crippen LogP contribution < -0.4 is 11.5 Å². The van der Waals surface area contributed by atoms with Gasteiger partial charge in [0.05, 0.1) is 12.1 Å². The van der Waals surface area contributed by atoms with Crippen molar-refractivity contribution >= 4 is 17.3 Å². The van der Waals surface area contributed by atoms with Gasteiger partial charge in [-0.1, -0.05) is 27.7 Å². The molecule has 0 radical (unpaired) electrons. The Balaban J connectivity index is 4.80. The first-order chi connectivity index (χ1) is 9.98. The van der Waals surface area contributed by atoms with Gasteiger partial charge in [0.1, 0.15) is 0 Å². The van der Waals surface area contributed by atoms with Crippen LogP contribution in [-0.2, 0) is 14.4 Å². The van der Waals surface area contributed by atoms with Crippen molar-refractivity contribution in [2.75, 3.05) is 0 Å². The Bertz CT molecular complexity index is 378. The zero-order chi connectivity index (χ0) is 17.6. The summed E-state index contributed by atoms with van der Waals surface area (Å²) in [6.07, 6.45) is -5.13. The van der Waals surface area contributed by atoms with Gasteiger partial charge < -0.3 is 11.5 Å². The second-order valence-electron chi connectivity index (χ2n) is 6.40. The van der Waals surface area contributed by atoms with E-state index in [0.717, 1.165) is 0 Å². The van der Waals surface area contributed by atoms with Crippen molar-refractivity contribution in [2.24, 2.45) is 23.3 Å². The van der Waals surface area contributed by atoms with Crippen LogP contribution in [0.4, 0.5) is 8.78 Å². The molecule has 0 spiro atoms. The first-order valence-corrected chi connectivity index (χ1v) is 7.39. The fourth-order valence-electron chi connectivity index (χ4n) is 2.03. The van der Waals surface area contributed by atoms with Gasteiger partial charge in [-0.3, -0.25) is 14.4 Å². The van der Waals surface area contributed by atoms with Crippen molar-refractivity contribution in [3.05, 3.63) is 0 Å². The first-order valence-electron chi connectivity index (χ1n) is 7.39. The highest BCUT2D eigenvalue weighted by atomic mass is 19.1. The Labute approximate surface area is 129 Å². The third kappa shape index (κ3) is 6.27. The zero-order valence-electron chi connectivity index (χ0n) is 13.5. The number of halogens is 2. The summed E-state index contributed by atoms with van der Waals surface area (Å²) >= 11 is 0. The number of Topliss-reactive ketones (excluding diaryl/α,β-unsaturated/α-hetero) is 3. The molecule has 0 bridgehead atoms. The van der Waals surface area contributed by atoms with Gasteiger partial charge in [0, 0.05) is 0 Å². The number of nitrogens with two attached hydrogens (primary N) is 2. The second kappa shape index (κ2) is 9.05. The number of hydrogen-bond acceptors (Lipinski definition) is 5. The normalized spacial score (nSPS) is 17.2. The van der Waals surface area contributed by atoms with Gasteiger partial charge >= 0.3 is 0 Å². The van der Waals surface area contributed by atoms with E-state index in [1.807, 2.05) is 0 Å². The van der Waals surface area contributed by atoms with E-state index in [1.54, 1.807) is 27.7 Å². The smallest absolute Gasteiger partial charge is 0.221 e. The molecular formula is C15H26F2N2O3. The maximum Gasteiger partial charge on any atom is 0.221 e. The van der Waals surface area contributed by atoms with Gasteiger partial charge in [-0.05, 0) is 24.7 Å². The number of ketones is 3. The Morgan fingerprint density at radius 1 is 0.727 bits per heavy atom. The Morgan fingerprint density at radius 3 is 1.23 bits per heavy atom. The van der Waals surface area contributed by atoms with Crippen LogP contribution in [-0.4, -0.2) is 41.8 Å². The van der Waals surface area contributed by atoms with Crippen LogP contribution in [0, 0.1) is 11.8 Å². The van der Waals surface area contributed by atoms with E-state index in [0.29, 0.717) is 0 Å². The standard InChI is InChI=1S/C15H26F2N2O3/c1-7(2)5-9(18)13(20)11(16)15(22)12(17)14(21)10(19)6-8(3)4/h7-12H,5-6,18-19H2,1-4H3/t9-,10-,11?,12?/m0/s1. The largest absolute Gasteiger partial charge is 0.321 e. The second-order valence-corrected chi connectivity index (χ2v) is 6.40. The van der Waals surface area contributed by atoms with Crippen molar-refractivity contribution in [2.45, 2.75) is 65.0 Å². The Kier molecular flexibility index (Phi) is 8.55. The molecule has 22 heavy (non-hydrogen) atoms. The van der Waals surface area contributed by atoms with E-state index in [-0.39, 0.29) is 24.7 Å². The van der Waals surface area contributed by atoms with Crippen molar-refractivity contribution in [1.29, 1.82) is 0 Å². The molecule has 0 aliphatic heterocycles. The minimum absolute atomic E-state index is 0.0171. The first kappa shape index (κ1) is 20.8. The van der Waals surface area contributed by atoms with E-state index in [2.05, 4.69) is 0 Å². The molecule has 0 aromatic carbocycles. The molecule has 0 aliphatic rings. The van der Waals surface area contributed by atoms with Crippen molar-refractivity contribution in [3.63, 3.8) is 0 Å². The topological polar surface area (TPSA) is 103 Å². The fraction of sp³-hybridized carbons (Fsp3) is 0.800.